The normalized spacial score (nSPS) is 20.2. The molecule has 0 radical (unpaired) electrons. The summed E-state index contributed by atoms with van der Waals surface area (Å²) in [5.74, 6) is 1.05. The Balaban J connectivity index is 1.86. The molecule has 0 heterocycles. The van der Waals surface area contributed by atoms with Crippen molar-refractivity contribution in [2.45, 2.75) is 51.6 Å². The molecule has 0 aromatic carbocycles. The highest BCUT2D eigenvalue weighted by atomic mass is 16.3. The van der Waals surface area contributed by atoms with Gasteiger partial charge < -0.3 is 5.11 Å². The minimum absolute atomic E-state index is 0.200. The maximum Gasteiger partial charge on any atom is 0.0720 e. The molecule has 1 saturated carbocycles. The van der Waals surface area contributed by atoms with E-state index >= 15 is 0 Å². The molecule has 1 nitrogen and oxygen atoms in total. The van der Waals surface area contributed by atoms with Gasteiger partial charge in [0, 0.05) is 0 Å². The Kier molecular flexibility index (Phi) is 4.37. The molecule has 1 rings (SSSR count). The van der Waals surface area contributed by atoms with E-state index in [9.17, 15) is 5.11 Å². The van der Waals surface area contributed by atoms with Crippen molar-refractivity contribution >= 4 is 0 Å². The summed E-state index contributed by atoms with van der Waals surface area (Å²) in [6, 6.07) is 0. The van der Waals surface area contributed by atoms with E-state index in [0.717, 1.165) is 12.3 Å². The zero-order chi connectivity index (χ0) is 8.81. The third kappa shape index (κ3) is 4.55. The molecule has 1 fully saturated rings. The first kappa shape index (κ1) is 9.79. The van der Waals surface area contributed by atoms with Gasteiger partial charge in [0.05, 0.1) is 6.10 Å². The van der Waals surface area contributed by atoms with Crippen LogP contribution in [-0.4, -0.2) is 11.2 Å². The quantitative estimate of drug-likeness (QED) is 0.477. The average molecular weight is 168 g/mol. The first-order valence-electron chi connectivity index (χ1n) is 5.14. The van der Waals surface area contributed by atoms with E-state index in [0.29, 0.717) is 0 Å². The Morgan fingerprint density at radius 1 is 1.42 bits per heavy atom. The van der Waals surface area contributed by atoms with Gasteiger partial charge >= 0.3 is 0 Å². The Labute approximate surface area is 75.5 Å². The van der Waals surface area contributed by atoms with Gasteiger partial charge in [-0.15, -0.1) is 0 Å². The van der Waals surface area contributed by atoms with Crippen molar-refractivity contribution in [3.8, 4) is 0 Å². The monoisotopic (exact) mass is 168 g/mol. The highest BCUT2D eigenvalue weighted by Gasteiger charge is 2.19. The molecule has 0 bridgehead atoms. The van der Waals surface area contributed by atoms with Crippen molar-refractivity contribution in [1.82, 2.24) is 0 Å². The maximum absolute atomic E-state index is 9.34. The summed E-state index contributed by atoms with van der Waals surface area (Å²) < 4.78 is 0. The van der Waals surface area contributed by atoms with Crippen molar-refractivity contribution in [3.63, 3.8) is 0 Å². The number of hydrogen-bond donors (Lipinski definition) is 1. The molecule has 0 aromatic heterocycles. The van der Waals surface area contributed by atoms with Crippen LogP contribution in [0.15, 0.2) is 12.2 Å². The van der Waals surface area contributed by atoms with E-state index in [2.05, 4.69) is 0 Å². The molecular formula is C11H20O. The molecule has 1 heteroatoms. The summed E-state index contributed by atoms with van der Waals surface area (Å²) >= 11 is 0. The Hall–Kier alpha value is -0.300. The van der Waals surface area contributed by atoms with E-state index in [-0.39, 0.29) is 6.10 Å². The van der Waals surface area contributed by atoms with Gasteiger partial charge in [-0.05, 0) is 19.3 Å². The van der Waals surface area contributed by atoms with Gasteiger partial charge in [0.25, 0.3) is 0 Å². The minimum Gasteiger partial charge on any atom is -0.389 e. The van der Waals surface area contributed by atoms with Crippen LogP contribution in [0.25, 0.3) is 0 Å². The van der Waals surface area contributed by atoms with E-state index in [4.69, 9.17) is 0 Å². The summed E-state index contributed by atoms with van der Waals surface area (Å²) in [6.45, 7) is 1.95. The molecule has 1 atom stereocenters. The van der Waals surface area contributed by atoms with Crippen molar-refractivity contribution in [2.75, 3.05) is 0 Å². The lowest BCUT2D eigenvalue weighted by atomic mass is 10.1. The number of aliphatic hydroxyl groups excluding tert-OH is 1. The molecule has 0 saturated heterocycles. The molecule has 0 aliphatic heterocycles. The van der Waals surface area contributed by atoms with Crippen LogP contribution in [-0.2, 0) is 0 Å². The summed E-state index contributed by atoms with van der Waals surface area (Å²) in [6.07, 6.45) is 11.3. The number of unbranched alkanes of at least 4 members (excludes halogenated alkanes) is 1. The average Bonchev–Trinajstić information content (AvgIpc) is 2.82. The topological polar surface area (TPSA) is 20.2 Å². The molecule has 12 heavy (non-hydrogen) atoms. The highest BCUT2D eigenvalue weighted by Crippen LogP contribution is 2.34. The van der Waals surface area contributed by atoms with Crippen molar-refractivity contribution in [2.24, 2.45) is 5.92 Å². The molecule has 1 aliphatic carbocycles. The van der Waals surface area contributed by atoms with Crippen molar-refractivity contribution < 1.29 is 5.11 Å². The highest BCUT2D eigenvalue weighted by molar-refractivity contribution is 4.85. The number of allylic oxidation sites excluding steroid dienone is 1. The number of rotatable bonds is 6. The van der Waals surface area contributed by atoms with E-state index in [1.165, 1.54) is 32.1 Å². The third-order valence-electron chi connectivity index (χ3n) is 2.47. The van der Waals surface area contributed by atoms with E-state index < -0.39 is 0 Å². The van der Waals surface area contributed by atoms with Gasteiger partial charge in [-0.3, -0.25) is 0 Å². The standard InChI is InChI=1S/C11H20O/c1-2-5-11(12)7-4-3-6-10-8-9-10/h2,5,10-12H,3-4,6-9H2,1H3/b5-2+/t11-/m1/s1. The zero-order valence-electron chi connectivity index (χ0n) is 8.00. The summed E-state index contributed by atoms with van der Waals surface area (Å²) in [7, 11) is 0. The number of aliphatic hydroxyl groups is 1. The predicted molar refractivity (Wildman–Crippen MR) is 52.0 cm³/mol. The van der Waals surface area contributed by atoms with Crippen molar-refractivity contribution in [3.05, 3.63) is 12.2 Å². The molecule has 0 aromatic rings. The largest absolute Gasteiger partial charge is 0.389 e. The van der Waals surface area contributed by atoms with Crippen LogP contribution in [0.2, 0.25) is 0 Å². The zero-order valence-corrected chi connectivity index (χ0v) is 8.00. The predicted octanol–water partition coefficient (Wildman–Crippen LogP) is 2.89. The summed E-state index contributed by atoms with van der Waals surface area (Å²) in [5.41, 5.74) is 0. The van der Waals surface area contributed by atoms with Gasteiger partial charge in [-0.1, -0.05) is 44.3 Å². The molecule has 0 amide bonds. The van der Waals surface area contributed by atoms with Gasteiger partial charge in [-0.25, -0.2) is 0 Å². The third-order valence-corrected chi connectivity index (χ3v) is 2.47. The molecule has 1 N–H and O–H groups in total. The lowest BCUT2D eigenvalue weighted by Crippen LogP contribution is -2.01. The van der Waals surface area contributed by atoms with Crippen LogP contribution in [0.3, 0.4) is 0 Å². The Morgan fingerprint density at radius 2 is 2.17 bits per heavy atom. The maximum atomic E-state index is 9.34. The fraction of sp³-hybridized carbons (Fsp3) is 0.818. The fourth-order valence-corrected chi connectivity index (χ4v) is 1.51. The van der Waals surface area contributed by atoms with E-state index in [1.54, 1.807) is 0 Å². The van der Waals surface area contributed by atoms with Crippen LogP contribution in [0.5, 0.6) is 0 Å². The first-order chi connectivity index (χ1) is 5.83. The van der Waals surface area contributed by atoms with Crippen LogP contribution >= 0.6 is 0 Å². The SMILES string of the molecule is C/C=C/[C@@H](O)CCCCC1CC1. The molecule has 0 spiro atoms. The van der Waals surface area contributed by atoms with Crippen LogP contribution in [0, 0.1) is 5.92 Å². The second-order valence-electron chi connectivity index (χ2n) is 3.82. The minimum atomic E-state index is -0.200. The fourth-order valence-electron chi connectivity index (χ4n) is 1.51. The summed E-state index contributed by atoms with van der Waals surface area (Å²) in [4.78, 5) is 0. The molecule has 1 aliphatic rings. The van der Waals surface area contributed by atoms with Crippen LogP contribution in [0.1, 0.15) is 45.4 Å². The van der Waals surface area contributed by atoms with Gasteiger partial charge in [0.1, 0.15) is 0 Å². The first-order valence-corrected chi connectivity index (χ1v) is 5.14. The Bertz CT molecular complexity index is 136. The van der Waals surface area contributed by atoms with Gasteiger partial charge in [0.2, 0.25) is 0 Å². The van der Waals surface area contributed by atoms with E-state index in [1.807, 2.05) is 19.1 Å². The second kappa shape index (κ2) is 5.36. The molecule has 70 valence electrons. The second-order valence-corrected chi connectivity index (χ2v) is 3.82. The summed E-state index contributed by atoms with van der Waals surface area (Å²) in [5, 5.41) is 9.34. The lowest BCUT2D eigenvalue weighted by Gasteiger charge is -2.03. The number of hydrogen-bond acceptors (Lipinski definition) is 1. The van der Waals surface area contributed by atoms with Gasteiger partial charge in [0.15, 0.2) is 0 Å². The van der Waals surface area contributed by atoms with Crippen LogP contribution in [0.4, 0.5) is 0 Å². The van der Waals surface area contributed by atoms with Gasteiger partial charge in [-0.2, -0.15) is 0 Å². The van der Waals surface area contributed by atoms with Crippen molar-refractivity contribution in [1.29, 1.82) is 0 Å². The van der Waals surface area contributed by atoms with Crippen LogP contribution < -0.4 is 0 Å². The molecular weight excluding hydrogens is 148 g/mol. The molecule has 0 unspecified atom stereocenters. The Morgan fingerprint density at radius 3 is 2.75 bits per heavy atom. The lowest BCUT2D eigenvalue weighted by molar-refractivity contribution is 0.207. The smallest absolute Gasteiger partial charge is 0.0720 e.